The van der Waals surface area contributed by atoms with E-state index in [0.717, 1.165) is 0 Å². The molecule has 1 aliphatic heterocycles. The molecule has 1 aromatic rings. The third kappa shape index (κ3) is 2.25. The van der Waals surface area contributed by atoms with Crippen LogP contribution in [0.1, 0.15) is 24.9 Å². The van der Waals surface area contributed by atoms with Crippen LogP contribution < -0.4 is 5.32 Å². The van der Waals surface area contributed by atoms with Crippen molar-refractivity contribution in [1.82, 2.24) is 15.5 Å². The summed E-state index contributed by atoms with van der Waals surface area (Å²) in [7, 11) is 0. The lowest BCUT2D eigenvalue weighted by molar-refractivity contribution is 0.486. The van der Waals surface area contributed by atoms with E-state index >= 15 is 0 Å². The zero-order valence-electron chi connectivity index (χ0n) is 7.79. The number of aromatic nitrogens is 2. The van der Waals surface area contributed by atoms with Gasteiger partial charge in [0.25, 0.3) is 0 Å². The standard InChI is InChI=1S/C9H15N3S/c1-7(8-4-10-11-5-8)12-9-2-3-13-6-9/h4-5,7,9,12H,2-3,6H2,1H3,(H,10,11). The second-order valence-corrected chi connectivity index (χ2v) is 4.63. The Labute approximate surface area is 82.7 Å². The predicted octanol–water partition coefficient (Wildman–Crippen LogP) is 1.57. The van der Waals surface area contributed by atoms with E-state index < -0.39 is 0 Å². The van der Waals surface area contributed by atoms with E-state index in [2.05, 4.69) is 22.4 Å². The number of hydrogen-bond donors (Lipinski definition) is 2. The Morgan fingerprint density at radius 1 is 1.77 bits per heavy atom. The van der Waals surface area contributed by atoms with Crippen LogP contribution in [0.3, 0.4) is 0 Å². The maximum atomic E-state index is 3.95. The van der Waals surface area contributed by atoms with Crippen molar-refractivity contribution in [3.63, 3.8) is 0 Å². The molecule has 1 fully saturated rings. The van der Waals surface area contributed by atoms with E-state index in [9.17, 15) is 0 Å². The van der Waals surface area contributed by atoms with Crippen molar-refractivity contribution in [2.24, 2.45) is 0 Å². The number of aromatic amines is 1. The fraction of sp³-hybridized carbons (Fsp3) is 0.667. The molecule has 13 heavy (non-hydrogen) atoms. The van der Waals surface area contributed by atoms with Crippen molar-refractivity contribution < 1.29 is 0 Å². The molecule has 1 saturated heterocycles. The van der Waals surface area contributed by atoms with Crippen molar-refractivity contribution >= 4 is 11.8 Å². The van der Waals surface area contributed by atoms with Crippen LogP contribution in [-0.2, 0) is 0 Å². The highest BCUT2D eigenvalue weighted by molar-refractivity contribution is 7.99. The summed E-state index contributed by atoms with van der Waals surface area (Å²) < 4.78 is 0. The van der Waals surface area contributed by atoms with Crippen LogP contribution in [0.2, 0.25) is 0 Å². The van der Waals surface area contributed by atoms with Gasteiger partial charge in [-0.1, -0.05) is 0 Å². The highest BCUT2D eigenvalue weighted by atomic mass is 32.2. The van der Waals surface area contributed by atoms with E-state index in [1.165, 1.54) is 23.5 Å². The van der Waals surface area contributed by atoms with Gasteiger partial charge < -0.3 is 5.32 Å². The van der Waals surface area contributed by atoms with Crippen molar-refractivity contribution in [3.05, 3.63) is 18.0 Å². The summed E-state index contributed by atoms with van der Waals surface area (Å²) in [6.07, 6.45) is 5.15. The Balaban J connectivity index is 1.87. The van der Waals surface area contributed by atoms with Gasteiger partial charge >= 0.3 is 0 Å². The number of thioether (sulfide) groups is 1. The molecule has 2 rings (SSSR count). The summed E-state index contributed by atoms with van der Waals surface area (Å²) in [5.41, 5.74) is 1.25. The summed E-state index contributed by atoms with van der Waals surface area (Å²) in [6.45, 7) is 2.19. The van der Waals surface area contributed by atoms with E-state index in [-0.39, 0.29) is 0 Å². The topological polar surface area (TPSA) is 40.7 Å². The number of hydrogen-bond acceptors (Lipinski definition) is 3. The molecule has 3 nitrogen and oxygen atoms in total. The molecule has 72 valence electrons. The van der Waals surface area contributed by atoms with E-state index in [0.29, 0.717) is 12.1 Å². The van der Waals surface area contributed by atoms with Gasteiger partial charge in [-0.05, 0) is 19.1 Å². The Morgan fingerprint density at radius 2 is 2.69 bits per heavy atom. The predicted molar refractivity (Wildman–Crippen MR) is 55.9 cm³/mol. The minimum Gasteiger partial charge on any atom is -0.306 e. The fourth-order valence-electron chi connectivity index (χ4n) is 1.61. The first kappa shape index (κ1) is 9.09. The quantitative estimate of drug-likeness (QED) is 0.772. The molecule has 1 aromatic heterocycles. The van der Waals surface area contributed by atoms with Gasteiger partial charge in [0.1, 0.15) is 0 Å². The van der Waals surface area contributed by atoms with Crippen LogP contribution in [0.15, 0.2) is 12.4 Å². The van der Waals surface area contributed by atoms with Crippen LogP contribution in [0.25, 0.3) is 0 Å². The number of rotatable bonds is 3. The van der Waals surface area contributed by atoms with Gasteiger partial charge in [0.15, 0.2) is 0 Å². The maximum absolute atomic E-state index is 3.95. The monoisotopic (exact) mass is 197 g/mol. The molecule has 0 spiro atoms. The van der Waals surface area contributed by atoms with Gasteiger partial charge in [-0.2, -0.15) is 16.9 Å². The average molecular weight is 197 g/mol. The first-order valence-electron chi connectivity index (χ1n) is 4.69. The van der Waals surface area contributed by atoms with Crippen molar-refractivity contribution in [2.75, 3.05) is 11.5 Å². The molecule has 1 aliphatic rings. The molecule has 0 saturated carbocycles. The minimum atomic E-state index is 0.419. The molecule has 0 bridgehead atoms. The number of nitrogens with one attached hydrogen (secondary N) is 2. The van der Waals surface area contributed by atoms with Gasteiger partial charge in [0.05, 0.1) is 6.20 Å². The Morgan fingerprint density at radius 3 is 3.31 bits per heavy atom. The zero-order chi connectivity index (χ0) is 9.10. The second kappa shape index (κ2) is 4.15. The van der Waals surface area contributed by atoms with E-state index in [1.54, 1.807) is 0 Å². The molecule has 0 aliphatic carbocycles. The lowest BCUT2D eigenvalue weighted by Crippen LogP contribution is -2.30. The lowest BCUT2D eigenvalue weighted by Gasteiger charge is -2.17. The largest absolute Gasteiger partial charge is 0.306 e. The van der Waals surface area contributed by atoms with Crippen LogP contribution in [0.5, 0.6) is 0 Å². The maximum Gasteiger partial charge on any atom is 0.0534 e. The SMILES string of the molecule is CC(NC1CCSC1)c1cn[nH]c1. The van der Waals surface area contributed by atoms with E-state index in [1.807, 2.05) is 24.2 Å². The lowest BCUT2D eigenvalue weighted by atomic mass is 10.1. The van der Waals surface area contributed by atoms with E-state index in [4.69, 9.17) is 0 Å². The van der Waals surface area contributed by atoms with Gasteiger partial charge in [0, 0.05) is 29.6 Å². The van der Waals surface area contributed by atoms with Crippen LogP contribution in [-0.4, -0.2) is 27.7 Å². The molecule has 2 N–H and O–H groups in total. The number of H-pyrrole nitrogens is 1. The van der Waals surface area contributed by atoms with Gasteiger partial charge in [-0.25, -0.2) is 0 Å². The van der Waals surface area contributed by atoms with Crippen LogP contribution >= 0.6 is 11.8 Å². The molecule has 2 unspecified atom stereocenters. The fourth-order valence-corrected chi connectivity index (χ4v) is 2.78. The summed E-state index contributed by atoms with van der Waals surface area (Å²) in [4.78, 5) is 0. The van der Waals surface area contributed by atoms with Crippen molar-refractivity contribution in [1.29, 1.82) is 0 Å². The Hall–Kier alpha value is -0.480. The van der Waals surface area contributed by atoms with Gasteiger partial charge in [-0.15, -0.1) is 0 Å². The number of nitrogens with zero attached hydrogens (tertiary/aromatic N) is 1. The molecule has 0 aromatic carbocycles. The highest BCUT2D eigenvalue weighted by Crippen LogP contribution is 2.20. The Kier molecular flexibility index (Phi) is 2.90. The zero-order valence-corrected chi connectivity index (χ0v) is 8.60. The molecule has 2 atom stereocenters. The molecule has 0 radical (unpaired) electrons. The smallest absolute Gasteiger partial charge is 0.0534 e. The summed E-state index contributed by atoms with van der Waals surface area (Å²) in [5, 5.41) is 10.4. The first-order chi connectivity index (χ1) is 6.36. The van der Waals surface area contributed by atoms with Crippen LogP contribution in [0.4, 0.5) is 0 Å². The molecule has 2 heterocycles. The summed E-state index contributed by atoms with van der Waals surface area (Å²) in [5.74, 6) is 2.55. The highest BCUT2D eigenvalue weighted by Gasteiger charge is 2.18. The summed E-state index contributed by atoms with van der Waals surface area (Å²) >= 11 is 2.04. The van der Waals surface area contributed by atoms with Crippen molar-refractivity contribution in [2.45, 2.75) is 25.4 Å². The third-order valence-electron chi connectivity index (χ3n) is 2.43. The second-order valence-electron chi connectivity index (χ2n) is 3.48. The van der Waals surface area contributed by atoms with Crippen molar-refractivity contribution in [3.8, 4) is 0 Å². The van der Waals surface area contributed by atoms with Gasteiger partial charge in [0.2, 0.25) is 0 Å². The molecular weight excluding hydrogens is 182 g/mol. The third-order valence-corrected chi connectivity index (χ3v) is 3.60. The molecular formula is C9H15N3S. The molecule has 0 amide bonds. The minimum absolute atomic E-state index is 0.419. The normalized spacial score (nSPS) is 24.8. The molecule has 4 heteroatoms. The average Bonchev–Trinajstić information content (AvgIpc) is 2.74. The van der Waals surface area contributed by atoms with Crippen LogP contribution in [0, 0.1) is 0 Å². The first-order valence-corrected chi connectivity index (χ1v) is 5.84. The Bertz CT molecular complexity index is 241. The van der Waals surface area contributed by atoms with Gasteiger partial charge in [-0.3, -0.25) is 5.10 Å². The summed E-state index contributed by atoms with van der Waals surface area (Å²) in [6, 6.07) is 1.11.